The maximum absolute atomic E-state index is 12.8. The minimum atomic E-state index is -0.0339. The van der Waals surface area contributed by atoms with Crippen molar-refractivity contribution in [3.63, 3.8) is 0 Å². The number of hydrogen-bond donors (Lipinski definition) is 0. The summed E-state index contributed by atoms with van der Waals surface area (Å²) >= 11 is 6.06. The van der Waals surface area contributed by atoms with E-state index in [4.69, 9.17) is 16.9 Å². The predicted octanol–water partition coefficient (Wildman–Crippen LogP) is 4.32. The molecule has 0 spiro atoms. The van der Waals surface area contributed by atoms with E-state index in [1.165, 1.54) is 0 Å². The lowest BCUT2D eigenvalue weighted by molar-refractivity contribution is 0.217. The number of hydrogen-bond acceptors (Lipinski definition) is 3. The normalized spacial score (nSPS) is 13.3. The summed E-state index contributed by atoms with van der Waals surface area (Å²) in [5, 5.41) is 9.53. The third kappa shape index (κ3) is 4.53. The Hall–Kier alpha value is -3.01. The van der Waals surface area contributed by atoms with Crippen molar-refractivity contribution >= 4 is 35.7 Å². The van der Waals surface area contributed by atoms with Crippen LogP contribution in [0.5, 0.6) is 0 Å². The number of nitriles is 1. The van der Waals surface area contributed by atoms with E-state index in [2.05, 4.69) is 11.1 Å². The maximum atomic E-state index is 12.8. The topological polar surface area (TPSA) is 65.2 Å². The fourth-order valence-corrected chi connectivity index (χ4v) is 3.50. The fourth-order valence-electron chi connectivity index (χ4n) is 3.31. The highest BCUT2D eigenvalue weighted by Gasteiger charge is 2.30. The third-order valence-corrected chi connectivity index (χ3v) is 5.04. The van der Waals surface area contributed by atoms with Crippen molar-refractivity contribution < 1.29 is 4.79 Å². The number of imidazole rings is 1. The Morgan fingerprint density at radius 3 is 2.62 bits per heavy atom. The second-order valence-electron chi connectivity index (χ2n) is 6.66. The van der Waals surface area contributed by atoms with Gasteiger partial charge in [-0.1, -0.05) is 29.8 Å². The monoisotopic (exact) mass is 427 g/mol. The molecule has 0 unspecified atom stereocenters. The minimum absolute atomic E-state index is 0. The first-order valence-corrected chi connectivity index (χ1v) is 9.32. The van der Waals surface area contributed by atoms with Crippen molar-refractivity contribution in [3.05, 3.63) is 82.9 Å². The second-order valence-corrected chi connectivity index (χ2v) is 7.09. The van der Waals surface area contributed by atoms with Crippen LogP contribution in [0.15, 0.2) is 61.1 Å². The van der Waals surface area contributed by atoms with Gasteiger partial charge >= 0.3 is 6.03 Å². The van der Waals surface area contributed by atoms with Gasteiger partial charge in [0.2, 0.25) is 0 Å². The second kappa shape index (κ2) is 8.99. The molecule has 0 saturated carbocycles. The van der Waals surface area contributed by atoms with E-state index in [0.29, 0.717) is 36.8 Å². The van der Waals surface area contributed by atoms with Crippen molar-refractivity contribution in [2.45, 2.75) is 13.1 Å². The standard InChI is InChI=1S/C21H18ClN5O.ClH/c22-18-2-1-3-19(10-18)27-9-8-25(21(27)28)14-20-12-24-15-26(20)13-17-6-4-16(11-23)5-7-17;/h1-7,10,12,15H,8-9,13-14H2;1H. The molecule has 2 aromatic carbocycles. The number of halogens is 2. The highest BCUT2D eigenvalue weighted by molar-refractivity contribution is 6.30. The number of carbonyl (C=O) groups excluding carboxylic acids is 1. The van der Waals surface area contributed by atoms with Crippen LogP contribution >= 0.6 is 24.0 Å². The molecule has 29 heavy (non-hydrogen) atoms. The van der Waals surface area contributed by atoms with Crippen LogP contribution < -0.4 is 4.90 Å². The van der Waals surface area contributed by atoms with Gasteiger partial charge in [0, 0.05) is 36.5 Å². The summed E-state index contributed by atoms with van der Waals surface area (Å²) in [5.41, 5.74) is 3.49. The average Bonchev–Trinajstić information content (AvgIpc) is 3.29. The molecule has 1 aliphatic heterocycles. The highest BCUT2D eigenvalue weighted by Crippen LogP contribution is 2.24. The maximum Gasteiger partial charge on any atom is 0.324 e. The lowest BCUT2D eigenvalue weighted by Crippen LogP contribution is -2.32. The Labute approximate surface area is 180 Å². The number of nitrogens with zero attached hydrogens (tertiary/aromatic N) is 5. The number of amides is 2. The summed E-state index contributed by atoms with van der Waals surface area (Å²) < 4.78 is 2.02. The van der Waals surface area contributed by atoms with Crippen molar-refractivity contribution in [3.8, 4) is 6.07 Å². The number of anilines is 1. The van der Waals surface area contributed by atoms with Crippen LogP contribution in [0.25, 0.3) is 0 Å². The minimum Gasteiger partial charge on any atom is -0.329 e. The first-order chi connectivity index (χ1) is 13.6. The van der Waals surface area contributed by atoms with E-state index in [-0.39, 0.29) is 18.4 Å². The van der Waals surface area contributed by atoms with Gasteiger partial charge in [-0.05, 0) is 35.9 Å². The molecule has 0 atom stereocenters. The first-order valence-electron chi connectivity index (χ1n) is 8.94. The van der Waals surface area contributed by atoms with Crippen molar-refractivity contribution in [2.24, 2.45) is 0 Å². The van der Waals surface area contributed by atoms with Crippen LogP contribution in [-0.2, 0) is 13.1 Å². The summed E-state index contributed by atoms with van der Waals surface area (Å²) in [5.74, 6) is 0. The molecule has 6 nitrogen and oxygen atoms in total. The van der Waals surface area contributed by atoms with E-state index in [1.54, 1.807) is 41.7 Å². The third-order valence-electron chi connectivity index (χ3n) is 4.80. The van der Waals surface area contributed by atoms with E-state index in [1.807, 2.05) is 33.7 Å². The highest BCUT2D eigenvalue weighted by atomic mass is 35.5. The van der Waals surface area contributed by atoms with E-state index in [9.17, 15) is 4.79 Å². The Morgan fingerprint density at radius 1 is 1.10 bits per heavy atom. The van der Waals surface area contributed by atoms with Crippen LogP contribution in [0.4, 0.5) is 10.5 Å². The quantitative estimate of drug-likeness (QED) is 0.608. The molecule has 2 amide bonds. The van der Waals surface area contributed by atoms with Gasteiger partial charge in [-0.15, -0.1) is 12.4 Å². The predicted molar refractivity (Wildman–Crippen MR) is 114 cm³/mol. The van der Waals surface area contributed by atoms with Gasteiger partial charge in [-0.3, -0.25) is 4.90 Å². The van der Waals surface area contributed by atoms with Crippen LogP contribution in [0, 0.1) is 11.3 Å². The zero-order valence-electron chi connectivity index (χ0n) is 15.5. The smallest absolute Gasteiger partial charge is 0.324 e. The molecule has 1 aromatic heterocycles. The molecular weight excluding hydrogens is 409 g/mol. The SMILES string of the molecule is Cl.N#Cc1ccc(Cn2cncc2CN2CCN(c3cccc(Cl)c3)C2=O)cc1. The largest absolute Gasteiger partial charge is 0.329 e. The summed E-state index contributed by atoms with van der Waals surface area (Å²) in [6.07, 6.45) is 3.56. The van der Waals surface area contributed by atoms with Gasteiger partial charge in [-0.25, -0.2) is 9.78 Å². The van der Waals surface area contributed by atoms with Crippen LogP contribution in [0.3, 0.4) is 0 Å². The fraction of sp³-hybridized carbons (Fsp3) is 0.190. The Morgan fingerprint density at radius 2 is 1.90 bits per heavy atom. The zero-order valence-corrected chi connectivity index (χ0v) is 17.1. The average molecular weight is 428 g/mol. The summed E-state index contributed by atoms with van der Waals surface area (Å²) in [4.78, 5) is 20.6. The molecule has 8 heteroatoms. The number of carbonyl (C=O) groups is 1. The molecule has 0 N–H and O–H groups in total. The van der Waals surface area contributed by atoms with Gasteiger partial charge in [-0.2, -0.15) is 5.26 Å². The Bertz CT molecular complexity index is 1040. The summed E-state index contributed by atoms with van der Waals surface area (Å²) in [6, 6.07) is 16.9. The molecule has 0 radical (unpaired) electrons. The van der Waals surface area contributed by atoms with Gasteiger partial charge in [0.1, 0.15) is 0 Å². The van der Waals surface area contributed by atoms with Crippen molar-refractivity contribution in [1.29, 1.82) is 5.26 Å². The van der Waals surface area contributed by atoms with Gasteiger partial charge in [0.25, 0.3) is 0 Å². The van der Waals surface area contributed by atoms with Crippen LogP contribution in [-0.4, -0.2) is 33.6 Å². The molecule has 0 aliphatic carbocycles. The molecule has 1 saturated heterocycles. The molecule has 0 bridgehead atoms. The molecule has 3 aromatic rings. The van der Waals surface area contributed by atoms with Crippen LogP contribution in [0.1, 0.15) is 16.8 Å². The molecular formula is C21H19Cl2N5O. The number of urea groups is 1. The van der Waals surface area contributed by atoms with Gasteiger partial charge < -0.3 is 9.47 Å². The number of benzene rings is 2. The van der Waals surface area contributed by atoms with E-state index in [0.717, 1.165) is 16.9 Å². The molecule has 1 aliphatic rings. The zero-order chi connectivity index (χ0) is 19.5. The Kier molecular flexibility index (Phi) is 6.42. The number of aromatic nitrogens is 2. The van der Waals surface area contributed by atoms with Crippen LogP contribution in [0.2, 0.25) is 5.02 Å². The molecule has 4 rings (SSSR count). The summed E-state index contributed by atoms with van der Waals surface area (Å²) in [6.45, 7) is 2.41. The lowest BCUT2D eigenvalue weighted by Gasteiger charge is -2.19. The van der Waals surface area contributed by atoms with E-state index < -0.39 is 0 Å². The van der Waals surface area contributed by atoms with Gasteiger partial charge in [0.05, 0.1) is 30.2 Å². The molecule has 148 valence electrons. The first kappa shape index (κ1) is 20.7. The summed E-state index contributed by atoms with van der Waals surface area (Å²) in [7, 11) is 0. The van der Waals surface area contributed by atoms with E-state index >= 15 is 0 Å². The van der Waals surface area contributed by atoms with Crippen molar-refractivity contribution in [1.82, 2.24) is 14.5 Å². The molecule has 1 fully saturated rings. The molecule has 2 heterocycles. The van der Waals surface area contributed by atoms with Crippen molar-refractivity contribution in [2.75, 3.05) is 18.0 Å². The van der Waals surface area contributed by atoms with Gasteiger partial charge in [0.15, 0.2) is 0 Å². The lowest BCUT2D eigenvalue weighted by atomic mass is 10.1. The number of rotatable bonds is 5. The Balaban J connectivity index is 0.00000240.